The van der Waals surface area contributed by atoms with E-state index in [4.69, 9.17) is 0 Å². The van der Waals surface area contributed by atoms with Crippen LogP contribution in [0.2, 0.25) is 0 Å². The molecule has 0 fully saturated rings. The van der Waals surface area contributed by atoms with Crippen LogP contribution in [-0.4, -0.2) is 22.4 Å². The van der Waals surface area contributed by atoms with E-state index in [1.54, 1.807) is 12.3 Å². The van der Waals surface area contributed by atoms with Crippen molar-refractivity contribution in [2.24, 2.45) is 0 Å². The van der Waals surface area contributed by atoms with Crippen LogP contribution < -0.4 is 10.6 Å². The summed E-state index contributed by atoms with van der Waals surface area (Å²) in [6.07, 6.45) is 2.55. The summed E-state index contributed by atoms with van der Waals surface area (Å²) in [7, 11) is 0. The second-order valence-corrected chi connectivity index (χ2v) is 4.52. The second kappa shape index (κ2) is 6.65. The van der Waals surface area contributed by atoms with Crippen molar-refractivity contribution in [3.05, 3.63) is 47.8 Å². The summed E-state index contributed by atoms with van der Waals surface area (Å²) < 4.78 is 0. The molecule has 1 aromatic carbocycles. The van der Waals surface area contributed by atoms with Gasteiger partial charge in [-0.05, 0) is 37.1 Å². The Labute approximate surface area is 118 Å². The summed E-state index contributed by atoms with van der Waals surface area (Å²) in [4.78, 5) is 20.4. The van der Waals surface area contributed by atoms with Crippen molar-refractivity contribution in [2.75, 3.05) is 17.2 Å². The monoisotopic (exact) mass is 270 g/mol. The molecule has 1 aromatic heterocycles. The standard InChI is InChI=1S/C15H18N4O/c1-3-8-16-15-17-9-7-13(19-15)14(20)18-12-6-4-5-11(2)10-12/h4-7,9-10H,3,8H2,1-2H3,(H,18,20)(H,16,17,19). The van der Waals surface area contributed by atoms with Crippen LogP contribution in [0.4, 0.5) is 11.6 Å². The first-order valence-electron chi connectivity index (χ1n) is 6.64. The average Bonchev–Trinajstić information content (AvgIpc) is 2.45. The highest BCUT2D eigenvalue weighted by Crippen LogP contribution is 2.11. The minimum absolute atomic E-state index is 0.238. The summed E-state index contributed by atoms with van der Waals surface area (Å²) >= 11 is 0. The maximum absolute atomic E-state index is 12.1. The van der Waals surface area contributed by atoms with E-state index in [-0.39, 0.29) is 5.91 Å². The molecule has 0 spiro atoms. The topological polar surface area (TPSA) is 66.9 Å². The third kappa shape index (κ3) is 3.78. The van der Waals surface area contributed by atoms with E-state index in [0.717, 1.165) is 24.2 Å². The van der Waals surface area contributed by atoms with Gasteiger partial charge in [-0.1, -0.05) is 19.1 Å². The number of anilines is 2. The predicted molar refractivity (Wildman–Crippen MR) is 79.9 cm³/mol. The number of nitrogens with one attached hydrogen (secondary N) is 2. The smallest absolute Gasteiger partial charge is 0.274 e. The van der Waals surface area contributed by atoms with Crippen molar-refractivity contribution in [1.29, 1.82) is 0 Å². The maximum Gasteiger partial charge on any atom is 0.274 e. The molecular formula is C15H18N4O. The zero-order valence-electron chi connectivity index (χ0n) is 11.7. The van der Waals surface area contributed by atoms with Gasteiger partial charge in [-0.15, -0.1) is 0 Å². The molecule has 0 aliphatic heterocycles. The lowest BCUT2D eigenvalue weighted by atomic mass is 10.2. The van der Waals surface area contributed by atoms with Crippen LogP contribution in [0, 0.1) is 6.92 Å². The molecule has 2 N–H and O–H groups in total. The van der Waals surface area contributed by atoms with E-state index in [1.165, 1.54) is 0 Å². The molecule has 0 saturated heterocycles. The van der Waals surface area contributed by atoms with Crippen LogP contribution >= 0.6 is 0 Å². The quantitative estimate of drug-likeness (QED) is 0.876. The number of hydrogen-bond acceptors (Lipinski definition) is 4. The Balaban J connectivity index is 2.09. The number of aryl methyl sites for hydroxylation is 1. The number of hydrogen-bond donors (Lipinski definition) is 2. The van der Waals surface area contributed by atoms with Gasteiger partial charge in [0.15, 0.2) is 0 Å². The average molecular weight is 270 g/mol. The fourth-order valence-electron chi connectivity index (χ4n) is 1.73. The number of carbonyl (C=O) groups is 1. The van der Waals surface area contributed by atoms with Crippen LogP contribution in [-0.2, 0) is 0 Å². The first-order chi connectivity index (χ1) is 9.69. The Kier molecular flexibility index (Phi) is 4.65. The van der Waals surface area contributed by atoms with E-state index >= 15 is 0 Å². The molecule has 0 bridgehead atoms. The van der Waals surface area contributed by atoms with Crippen LogP contribution in [0.25, 0.3) is 0 Å². The van der Waals surface area contributed by atoms with Crippen molar-refractivity contribution in [3.8, 4) is 0 Å². The van der Waals surface area contributed by atoms with Gasteiger partial charge in [0.1, 0.15) is 5.69 Å². The fraction of sp³-hybridized carbons (Fsp3) is 0.267. The highest BCUT2D eigenvalue weighted by Gasteiger charge is 2.09. The predicted octanol–water partition coefficient (Wildman–Crippen LogP) is 2.86. The van der Waals surface area contributed by atoms with Crippen molar-refractivity contribution in [3.63, 3.8) is 0 Å². The lowest BCUT2D eigenvalue weighted by Crippen LogP contribution is -2.15. The van der Waals surface area contributed by atoms with Crippen molar-refractivity contribution in [1.82, 2.24) is 9.97 Å². The number of amides is 1. The molecular weight excluding hydrogens is 252 g/mol. The van der Waals surface area contributed by atoms with Crippen LogP contribution in [0.15, 0.2) is 36.5 Å². The molecule has 20 heavy (non-hydrogen) atoms. The van der Waals surface area contributed by atoms with E-state index in [1.807, 2.05) is 31.2 Å². The Morgan fingerprint density at radius 3 is 2.90 bits per heavy atom. The van der Waals surface area contributed by atoms with Gasteiger partial charge < -0.3 is 10.6 Å². The molecule has 0 unspecified atom stereocenters. The minimum Gasteiger partial charge on any atom is -0.354 e. The van der Waals surface area contributed by atoms with Gasteiger partial charge >= 0.3 is 0 Å². The Morgan fingerprint density at radius 2 is 2.15 bits per heavy atom. The summed E-state index contributed by atoms with van der Waals surface area (Å²) in [6.45, 7) is 4.82. The lowest BCUT2D eigenvalue weighted by Gasteiger charge is -2.07. The van der Waals surface area contributed by atoms with Gasteiger partial charge in [0.05, 0.1) is 0 Å². The van der Waals surface area contributed by atoms with Crippen LogP contribution in [0.5, 0.6) is 0 Å². The van der Waals surface area contributed by atoms with Crippen molar-refractivity contribution < 1.29 is 4.79 Å². The van der Waals surface area contributed by atoms with E-state index in [0.29, 0.717) is 11.6 Å². The van der Waals surface area contributed by atoms with Gasteiger partial charge in [-0.3, -0.25) is 4.79 Å². The van der Waals surface area contributed by atoms with Gasteiger partial charge in [0.2, 0.25) is 5.95 Å². The molecule has 0 aliphatic carbocycles. The summed E-state index contributed by atoms with van der Waals surface area (Å²) in [5, 5.41) is 5.89. The Morgan fingerprint density at radius 1 is 1.30 bits per heavy atom. The first kappa shape index (κ1) is 14.0. The largest absolute Gasteiger partial charge is 0.354 e. The third-order valence-electron chi connectivity index (χ3n) is 2.70. The number of nitrogens with zero attached hydrogens (tertiary/aromatic N) is 2. The number of carbonyl (C=O) groups excluding carboxylic acids is 1. The SMILES string of the molecule is CCCNc1nccc(C(=O)Nc2cccc(C)c2)n1. The highest BCUT2D eigenvalue weighted by molar-refractivity contribution is 6.02. The number of benzene rings is 1. The fourth-order valence-corrected chi connectivity index (χ4v) is 1.73. The zero-order chi connectivity index (χ0) is 14.4. The molecule has 104 valence electrons. The van der Waals surface area contributed by atoms with E-state index in [9.17, 15) is 4.79 Å². The molecule has 0 aliphatic rings. The normalized spacial score (nSPS) is 10.1. The summed E-state index contributed by atoms with van der Waals surface area (Å²) in [6, 6.07) is 9.24. The van der Waals surface area contributed by atoms with Crippen LogP contribution in [0.1, 0.15) is 29.4 Å². The first-order valence-corrected chi connectivity index (χ1v) is 6.64. The lowest BCUT2D eigenvalue weighted by molar-refractivity contribution is 0.102. The van der Waals surface area contributed by atoms with Gasteiger partial charge in [-0.2, -0.15) is 0 Å². The van der Waals surface area contributed by atoms with Gasteiger partial charge in [-0.25, -0.2) is 9.97 Å². The van der Waals surface area contributed by atoms with E-state index in [2.05, 4.69) is 27.5 Å². The Hall–Kier alpha value is -2.43. The van der Waals surface area contributed by atoms with Crippen molar-refractivity contribution >= 4 is 17.5 Å². The maximum atomic E-state index is 12.1. The molecule has 0 atom stereocenters. The van der Waals surface area contributed by atoms with Crippen LogP contribution in [0.3, 0.4) is 0 Å². The summed E-state index contributed by atoms with van der Waals surface area (Å²) in [5.41, 5.74) is 2.20. The van der Waals surface area contributed by atoms with Gasteiger partial charge in [0, 0.05) is 18.4 Å². The number of aromatic nitrogens is 2. The Bertz CT molecular complexity index is 598. The molecule has 1 amide bonds. The second-order valence-electron chi connectivity index (χ2n) is 4.52. The third-order valence-corrected chi connectivity index (χ3v) is 2.70. The molecule has 2 aromatic rings. The molecule has 5 nitrogen and oxygen atoms in total. The molecule has 1 heterocycles. The van der Waals surface area contributed by atoms with E-state index < -0.39 is 0 Å². The molecule has 0 radical (unpaired) electrons. The zero-order valence-corrected chi connectivity index (χ0v) is 11.7. The summed E-state index contributed by atoms with van der Waals surface area (Å²) in [5.74, 6) is 0.237. The number of rotatable bonds is 5. The highest BCUT2D eigenvalue weighted by atomic mass is 16.1. The molecule has 2 rings (SSSR count). The van der Waals surface area contributed by atoms with Gasteiger partial charge in [0.25, 0.3) is 5.91 Å². The molecule has 5 heteroatoms. The molecule has 0 saturated carbocycles. The van der Waals surface area contributed by atoms with Crippen molar-refractivity contribution in [2.45, 2.75) is 20.3 Å². The minimum atomic E-state index is -0.238.